The van der Waals surface area contributed by atoms with Gasteiger partial charge >= 0.3 is 0 Å². The molecule has 8 aromatic rings. The van der Waals surface area contributed by atoms with Gasteiger partial charge in [-0.05, 0) is 79.4 Å². The van der Waals surface area contributed by atoms with Gasteiger partial charge in [0.15, 0.2) is 5.82 Å². The van der Waals surface area contributed by atoms with Crippen LogP contribution in [0.25, 0.3) is 66.9 Å². The van der Waals surface area contributed by atoms with Gasteiger partial charge in [0.05, 0.1) is 11.4 Å². The molecule has 54 heavy (non-hydrogen) atoms. The summed E-state index contributed by atoms with van der Waals surface area (Å²) >= 11 is 0. The second-order valence-corrected chi connectivity index (χ2v) is 14.0. The van der Waals surface area contributed by atoms with Gasteiger partial charge in [-0.15, -0.1) is 0 Å². The van der Waals surface area contributed by atoms with Gasteiger partial charge in [-0.25, -0.2) is 9.97 Å². The number of allylic oxidation sites excluding steroid dienone is 4. The first-order valence-corrected chi connectivity index (χ1v) is 18.5. The maximum atomic E-state index is 5.30. The molecule has 0 saturated heterocycles. The van der Waals surface area contributed by atoms with Crippen molar-refractivity contribution in [3.05, 3.63) is 222 Å². The zero-order chi connectivity index (χ0) is 35.8. The fourth-order valence-electron chi connectivity index (χ4n) is 8.22. The van der Waals surface area contributed by atoms with Crippen molar-refractivity contribution in [3.8, 4) is 45.0 Å². The van der Waals surface area contributed by atoms with Crippen LogP contribution in [0.1, 0.15) is 11.1 Å². The maximum Gasteiger partial charge on any atom is 0.160 e. The van der Waals surface area contributed by atoms with Gasteiger partial charge in [-0.1, -0.05) is 158 Å². The number of benzene rings is 6. The van der Waals surface area contributed by atoms with Gasteiger partial charge < -0.3 is 0 Å². The Morgan fingerprint density at radius 3 is 1.69 bits per heavy atom. The Bertz CT molecular complexity index is 2890. The van der Waals surface area contributed by atoms with Gasteiger partial charge in [0, 0.05) is 46.5 Å². The summed E-state index contributed by atoms with van der Waals surface area (Å²) < 4.78 is 0. The Labute approximate surface area is 314 Å². The lowest BCUT2D eigenvalue weighted by molar-refractivity contribution is 0.686. The highest BCUT2D eigenvalue weighted by Crippen LogP contribution is 2.41. The van der Waals surface area contributed by atoms with E-state index in [2.05, 4.69) is 187 Å². The largest absolute Gasteiger partial charge is 0.264 e. The third-order valence-electron chi connectivity index (χ3n) is 10.8. The molecule has 0 radical (unpaired) electrons. The average molecular weight is 690 g/mol. The molecule has 0 amide bonds. The van der Waals surface area contributed by atoms with Gasteiger partial charge in [0.25, 0.3) is 0 Å². The molecule has 2 atom stereocenters. The second kappa shape index (κ2) is 13.5. The number of aromatic nitrogens is 3. The molecule has 0 spiro atoms. The molecular weight excluding hydrogens is 655 g/mol. The van der Waals surface area contributed by atoms with Gasteiger partial charge in [0.1, 0.15) is 0 Å². The summed E-state index contributed by atoms with van der Waals surface area (Å²) in [6, 6.07) is 58.4. The quantitative estimate of drug-likeness (QED) is 0.174. The van der Waals surface area contributed by atoms with E-state index in [1.54, 1.807) is 6.20 Å². The molecule has 2 unspecified atom stereocenters. The van der Waals surface area contributed by atoms with Crippen LogP contribution < -0.4 is 10.4 Å². The van der Waals surface area contributed by atoms with Crippen LogP contribution in [0.3, 0.4) is 0 Å². The van der Waals surface area contributed by atoms with E-state index in [9.17, 15) is 0 Å². The molecule has 0 bridgehead atoms. The molecule has 0 saturated carbocycles. The van der Waals surface area contributed by atoms with Crippen molar-refractivity contribution in [2.75, 3.05) is 0 Å². The normalized spacial score (nSPS) is 15.9. The van der Waals surface area contributed by atoms with E-state index in [4.69, 9.17) is 9.97 Å². The van der Waals surface area contributed by atoms with E-state index < -0.39 is 0 Å². The van der Waals surface area contributed by atoms with Gasteiger partial charge in [-0.3, -0.25) is 4.98 Å². The van der Waals surface area contributed by atoms with E-state index >= 15 is 0 Å². The van der Waals surface area contributed by atoms with E-state index in [1.807, 2.05) is 12.3 Å². The third kappa shape index (κ3) is 5.77. The predicted octanol–water partition coefficient (Wildman–Crippen LogP) is 10.5. The monoisotopic (exact) mass is 689 g/mol. The lowest BCUT2D eigenvalue weighted by Crippen LogP contribution is -2.40. The summed E-state index contributed by atoms with van der Waals surface area (Å²) in [7, 11) is 0. The minimum Gasteiger partial charge on any atom is -0.264 e. The lowest BCUT2D eigenvalue weighted by atomic mass is 9.70. The van der Waals surface area contributed by atoms with Crippen molar-refractivity contribution in [1.82, 2.24) is 15.0 Å². The smallest absolute Gasteiger partial charge is 0.160 e. The molecule has 10 rings (SSSR count). The molecule has 3 nitrogen and oxygen atoms in total. The van der Waals surface area contributed by atoms with Crippen molar-refractivity contribution in [3.63, 3.8) is 0 Å². The summed E-state index contributed by atoms with van der Waals surface area (Å²) in [4.78, 5) is 15.0. The number of hydrogen-bond acceptors (Lipinski definition) is 3. The molecule has 0 aliphatic heterocycles. The Kier molecular flexibility index (Phi) is 7.96. The van der Waals surface area contributed by atoms with Crippen LogP contribution in [-0.2, 0) is 0 Å². The molecular formula is C51H35N3. The van der Waals surface area contributed by atoms with Crippen molar-refractivity contribution in [2.24, 2.45) is 11.8 Å². The number of hydrogen-bond donors (Lipinski definition) is 0. The van der Waals surface area contributed by atoms with Crippen molar-refractivity contribution < 1.29 is 0 Å². The van der Waals surface area contributed by atoms with E-state index in [0.717, 1.165) is 39.2 Å². The number of nitrogens with zero attached hydrogens (tertiary/aromatic N) is 3. The second-order valence-electron chi connectivity index (χ2n) is 14.0. The topological polar surface area (TPSA) is 38.7 Å². The Morgan fingerprint density at radius 1 is 0.370 bits per heavy atom. The molecule has 2 aliphatic rings. The maximum absolute atomic E-state index is 5.30. The minimum absolute atomic E-state index is 0.186. The molecule has 0 N–H and O–H groups in total. The van der Waals surface area contributed by atoms with Crippen molar-refractivity contribution >= 4 is 21.9 Å². The summed E-state index contributed by atoms with van der Waals surface area (Å²) in [5.41, 5.74) is 12.1. The first-order valence-electron chi connectivity index (χ1n) is 18.5. The highest BCUT2D eigenvalue weighted by atomic mass is 14.9. The lowest BCUT2D eigenvalue weighted by Gasteiger charge is -2.33. The highest BCUT2D eigenvalue weighted by molar-refractivity contribution is 5.88. The van der Waals surface area contributed by atoms with Crippen LogP contribution in [0.4, 0.5) is 0 Å². The zero-order valence-corrected chi connectivity index (χ0v) is 29.5. The molecule has 2 heterocycles. The molecule has 254 valence electrons. The SMILES string of the molecule is C1=CC2C(c3ccccc3)=c3ccccc3=C(c3cccc(-c4nc(-c5cccc(-c6cccnc6)c5)cc(-c5ccc6ccccc6c5)n4)c3)C2C=C1. The average Bonchev–Trinajstić information content (AvgIpc) is 3.26. The Morgan fingerprint density at radius 2 is 0.944 bits per heavy atom. The van der Waals surface area contributed by atoms with E-state index in [0.29, 0.717) is 5.82 Å². The van der Waals surface area contributed by atoms with E-state index in [1.165, 1.54) is 43.5 Å². The van der Waals surface area contributed by atoms with E-state index in [-0.39, 0.29) is 11.8 Å². The highest BCUT2D eigenvalue weighted by Gasteiger charge is 2.31. The van der Waals surface area contributed by atoms with Crippen LogP contribution in [-0.4, -0.2) is 15.0 Å². The number of rotatable bonds is 6. The fourth-order valence-corrected chi connectivity index (χ4v) is 8.22. The summed E-state index contributed by atoms with van der Waals surface area (Å²) in [6.07, 6.45) is 12.8. The van der Waals surface area contributed by atoms with Crippen LogP contribution in [0.2, 0.25) is 0 Å². The van der Waals surface area contributed by atoms with Crippen molar-refractivity contribution in [1.29, 1.82) is 0 Å². The predicted molar refractivity (Wildman–Crippen MR) is 221 cm³/mol. The van der Waals surface area contributed by atoms with Crippen LogP contribution in [0, 0.1) is 11.8 Å². The minimum atomic E-state index is 0.186. The summed E-state index contributed by atoms with van der Waals surface area (Å²) in [5.74, 6) is 1.10. The number of pyridine rings is 1. The molecule has 3 heteroatoms. The number of fused-ring (bicyclic) bond motifs is 3. The summed E-state index contributed by atoms with van der Waals surface area (Å²) in [5, 5.41) is 4.94. The van der Waals surface area contributed by atoms with Crippen molar-refractivity contribution in [2.45, 2.75) is 0 Å². The molecule has 2 aliphatic carbocycles. The van der Waals surface area contributed by atoms with Gasteiger partial charge in [-0.2, -0.15) is 0 Å². The standard InChI is InChI=1S/C51H35N3/c1-2-14-35(15-3-1)49-43-22-6-8-24-45(43)50(46-25-9-7-23-44(46)49)40-19-11-20-41(31-40)51-53-47(38-18-10-17-37(30-38)42-21-12-28-52-33-42)32-48(54-51)39-27-26-34-13-4-5-16-36(34)29-39/h1-33,43,45H. The Balaban J connectivity index is 1.17. The molecule has 6 aromatic carbocycles. The van der Waals surface area contributed by atoms with Crippen LogP contribution >= 0.6 is 0 Å². The van der Waals surface area contributed by atoms with Crippen LogP contribution in [0.15, 0.2) is 200 Å². The first-order chi connectivity index (χ1) is 26.8. The fraction of sp³-hybridized carbons (Fsp3) is 0.0392. The summed E-state index contributed by atoms with van der Waals surface area (Å²) in [6.45, 7) is 0. The molecule has 0 fully saturated rings. The van der Waals surface area contributed by atoms with Gasteiger partial charge in [0.2, 0.25) is 0 Å². The van der Waals surface area contributed by atoms with Crippen LogP contribution in [0.5, 0.6) is 0 Å². The first kappa shape index (κ1) is 31.7. The third-order valence-corrected chi connectivity index (χ3v) is 10.8. The molecule has 2 aromatic heterocycles. The zero-order valence-electron chi connectivity index (χ0n) is 29.5. The Hall–Kier alpha value is -6.97.